The van der Waals surface area contributed by atoms with Gasteiger partial charge < -0.3 is 19.9 Å². The van der Waals surface area contributed by atoms with E-state index in [0.29, 0.717) is 5.69 Å². The minimum absolute atomic E-state index is 0.186. The van der Waals surface area contributed by atoms with Gasteiger partial charge in [-0.05, 0) is 24.7 Å². The number of hydrogen-bond donors (Lipinski definition) is 2. The fraction of sp³-hybridized carbons (Fsp3) is 0.773. The number of nitrogens with one attached hydrogen (secondary N) is 2. The molecule has 8 heteroatoms. The summed E-state index contributed by atoms with van der Waals surface area (Å²) in [6.45, 7) is 11.1. The van der Waals surface area contributed by atoms with E-state index in [1.165, 1.54) is 0 Å². The van der Waals surface area contributed by atoms with Crippen molar-refractivity contribution in [3.63, 3.8) is 0 Å². The predicted molar refractivity (Wildman–Crippen MR) is 116 cm³/mol. The molecule has 0 unspecified atom stereocenters. The van der Waals surface area contributed by atoms with Gasteiger partial charge in [0.05, 0.1) is 18.9 Å². The first-order valence-corrected chi connectivity index (χ1v) is 11.2. The summed E-state index contributed by atoms with van der Waals surface area (Å²) in [6.07, 6.45) is 5.01. The zero-order valence-electron chi connectivity index (χ0n) is 18.9. The third kappa shape index (κ3) is 5.40. The topological polar surface area (TPSA) is 88.5 Å². The first-order chi connectivity index (χ1) is 14.3. The monoisotopic (exact) mass is 419 g/mol. The third-order valence-corrected chi connectivity index (χ3v) is 6.07. The van der Waals surface area contributed by atoms with Crippen LogP contribution < -0.4 is 10.6 Å². The molecule has 3 rings (SSSR count). The van der Waals surface area contributed by atoms with Gasteiger partial charge in [0.1, 0.15) is 17.6 Å². The standard InChI is InChI=1S/C22H37N5O3/c1-22(2,3)19(21(29)23-4)25-20(28)18-16-8-6-5-7-10-27(16)17(24-18)9-11-26-12-14-30-15-13-26/h19H,5-15H2,1-4H3,(H,23,29)(H,25,28)/t19-/m1/s1. The van der Waals surface area contributed by atoms with Gasteiger partial charge in [-0.15, -0.1) is 0 Å². The number of amides is 2. The Bertz CT molecular complexity index is 747. The second kappa shape index (κ2) is 9.92. The van der Waals surface area contributed by atoms with Crippen molar-refractivity contribution in [1.29, 1.82) is 0 Å². The Hall–Kier alpha value is -1.93. The minimum atomic E-state index is -0.616. The van der Waals surface area contributed by atoms with Crippen LogP contribution in [-0.4, -0.2) is 72.2 Å². The SMILES string of the molecule is CNC(=O)[C@@H](NC(=O)c1nc(CCN2CCOCC2)n2c1CCCCC2)C(C)(C)C. The molecule has 0 saturated carbocycles. The summed E-state index contributed by atoms with van der Waals surface area (Å²) in [5, 5.41) is 5.63. The van der Waals surface area contributed by atoms with E-state index in [0.717, 1.165) is 83.0 Å². The Balaban J connectivity index is 1.81. The average Bonchev–Trinajstić information content (AvgIpc) is 2.89. The van der Waals surface area contributed by atoms with E-state index < -0.39 is 11.5 Å². The van der Waals surface area contributed by atoms with Crippen LogP contribution in [0.15, 0.2) is 0 Å². The average molecular weight is 420 g/mol. The highest BCUT2D eigenvalue weighted by atomic mass is 16.5. The van der Waals surface area contributed by atoms with E-state index in [4.69, 9.17) is 9.72 Å². The van der Waals surface area contributed by atoms with Crippen LogP contribution in [0.2, 0.25) is 0 Å². The number of carbonyl (C=O) groups excluding carboxylic acids is 2. The zero-order valence-corrected chi connectivity index (χ0v) is 18.9. The largest absolute Gasteiger partial charge is 0.379 e. The van der Waals surface area contributed by atoms with Crippen LogP contribution in [0.5, 0.6) is 0 Å². The number of ether oxygens (including phenoxy) is 1. The van der Waals surface area contributed by atoms with Gasteiger partial charge in [-0.3, -0.25) is 14.5 Å². The highest BCUT2D eigenvalue weighted by Gasteiger charge is 2.34. The molecule has 0 radical (unpaired) electrons. The maximum atomic E-state index is 13.2. The van der Waals surface area contributed by atoms with Crippen LogP contribution in [-0.2, 0) is 28.9 Å². The van der Waals surface area contributed by atoms with Crippen LogP contribution in [0, 0.1) is 5.41 Å². The lowest BCUT2D eigenvalue weighted by Crippen LogP contribution is -2.53. The van der Waals surface area contributed by atoms with Crippen molar-refractivity contribution in [3.8, 4) is 0 Å². The molecule has 2 N–H and O–H groups in total. The maximum absolute atomic E-state index is 13.2. The molecule has 0 spiro atoms. The van der Waals surface area contributed by atoms with Crippen LogP contribution in [0.3, 0.4) is 0 Å². The lowest BCUT2D eigenvalue weighted by Gasteiger charge is -2.29. The number of imidazole rings is 1. The molecule has 0 aromatic carbocycles. The van der Waals surface area contributed by atoms with E-state index in [1.54, 1.807) is 7.05 Å². The molecule has 3 heterocycles. The van der Waals surface area contributed by atoms with Crippen LogP contribution in [0.4, 0.5) is 0 Å². The van der Waals surface area contributed by atoms with Crippen LogP contribution in [0.25, 0.3) is 0 Å². The molecule has 0 aliphatic carbocycles. The summed E-state index contributed by atoms with van der Waals surface area (Å²) in [6, 6.07) is -0.616. The fourth-order valence-corrected chi connectivity index (χ4v) is 4.27. The summed E-state index contributed by atoms with van der Waals surface area (Å²) in [5.74, 6) is 0.547. The van der Waals surface area contributed by atoms with E-state index >= 15 is 0 Å². The van der Waals surface area contributed by atoms with E-state index in [1.807, 2.05) is 20.8 Å². The Morgan fingerprint density at radius 3 is 2.53 bits per heavy atom. The molecule has 1 atom stereocenters. The summed E-state index contributed by atoms with van der Waals surface area (Å²) < 4.78 is 7.70. The van der Waals surface area contributed by atoms with Gasteiger partial charge in [-0.25, -0.2) is 4.98 Å². The Kier molecular flexibility index (Phi) is 7.52. The molecule has 168 valence electrons. The van der Waals surface area contributed by atoms with Crippen molar-refractivity contribution in [1.82, 2.24) is 25.1 Å². The molecule has 2 amide bonds. The number of hydrogen-bond acceptors (Lipinski definition) is 5. The van der Waals surface area contributed by atoms with Gasteiger partial charge in [0.15, 0.2) is 0 Å². The molecule has 2 aliphatic heterocycles. The molecule has 30 heavy (non-hydrogen) atoms. The van der Waals surface area contributed by atoms with Crippen LogP contribution >= 0.6 is 0 Å². The second-order valence-electron chi connectivity index (χ2n) is 9.38. The highest BCUT2D eigenvalue weighted by molar-refractivity contribution is 5.97. The molecular weight excluding hydrogens is 382 g/mol. The Labute approximate surface area is 179 Å². The van der Waals surface area contributed by atoms with E-state index in [-0.39, 0.29) is 11.8 Å². The van der Waals surface area contributed by atoms with Gasteiger partial charge >= 0.3 is 0 Å². The summed E-state index contributed by atoms with van der Waals surface area (Å²) in [7, 11) is 1.60. The lowest BCUT2D eigenvalue weighted by molar-refractivity contribution is -0.124. The van der Waals surface area contributed by atoms with Gasteiger partial charge in [0, 0.05) is 39.6 Å². The van der Waals surface area contributed by atoms with Gasteiger partial charge in [-0.1, -0.05) is 27.2 Å². The summed E-state index contributed by atoms with van der Waals surface area (Å²) in [4.78, 5) is 32.8. The molecule has 1 aromatic heterocycles. The minimum Gasteiger partial charge on any atom is -0.379 e. The second-order valence-corrected chi connectivity index (χ2v) is 9.38. The molecule has 1 saturated heterocycles. The zero-order chi connectivity index (χ0) is 21.7. The van der Waals surface area contributed by atoms with Crippen LogP contribution in [0.1, 0.15) is 62.0 Å². The molecule has 0 bridgehead atoms. The quantitative estimate of drug-likeness (QED) is 0.727. The number of rotatable bonds is 6. The number of carbonyl (C=O) groups is 2. The Morgan fingerprint density at radius 2 is 1.87 bits per heavy atom. The van der Waals surface area contributed by atoms with Crippen molar-refractivity contribution in [3.05, 3.63) is 17.2 Å². The molecule has 1 aromatic rings. The first kappa shape index (κ1) is 22.7. The summed E-state index contributed by atoms with van der Waals surface area (Å²) in [5.41, 5.74) is 1.12. The Morgan fingerprint density at radius 1 is 1.13 bits per heavy atom. The maximum Gasteiger partial charge on any atom is 0.272 e. The molecular formula is C22H37N5O3. The number of aromatic nitrogens is 2. The smallest absolute Gasteiger partial charge is 0.272 e. The number of morpholine rings is 1. The summed E-state index contributed by atoms with van der Waals surface area (Å²) >= 11 is 0. The van der Waals surface area contributed by atoms with Crippen molar-refractivity contribution < 1.29 is 14.3 Å². The van der Waals surface area contributed by atoms with Crippen molar-refractivity contribution in [2.24, 2.45) is 5.41 Å². The third-order valence-electron chi connectivity index (χ3n) is 6.07. The van der Waals surface area contributed by atoms with Gasteiger partial charge in [0.2, 0.25) is 5.91 Å². The first-order valence-electron chi connectivity index (χ1n) is 11.2. The van der Waals surface area contributed by atoms with Crippen molar-refractivity contribution in [2.75, 3.05) is 39.9 Å². The van der Waals surface area contributed by atoms with Gasteiger partial charge in [0.25, 0.3) is 5.91 Å². The molecule has 8 nitrogen and oxygen atoms in total. The number of fused-ring (bicyclic) bond motifs is 1. The van der Waals surface area contributed by atoms with Crippen molar-refractivity contribution in [2.45, 2.75) is 65.5 Å². The fourth-order valence-electron chi connectivity index (χ4n) is 4.27. The molecule has 1 fully saturated rings. The highest BCUT2D eigenvalue weighted by Crippen LogP contribution is 2.23. The lowest BCUT2D eigenvalue weighted by atomic mass is 9.86. The molecule has 2 aliphatic rings. The number of likely N-dealkylation sites (N-methyl/N-ethyl adjacent to an activating group) is 1. The predicted octanol–water partition coefficient (Wildman–Crippen LogP) is 1.37. The van der Waals surface area contributed by atoms with E-state index in [9.17, 15) is 9.59 Å². The van der Waals surface area contributed by atoms with Crippen molar-refractivity contribution >= 4 is 11.8 Å². The normalized spacial score (nSPS) is 18.9. The van der Waals surface area contributed by atoms with E-state index in [2.05, 4.69) is 20.1 Å². The number of nitrogens with zero attached hydrogens (tertiary/aromatic N) is 3. The van der Waals surface area contributed by atoms with Gasteiger partial charge in [-0.2, -0.15) is 0 Å².